The van der Waals surface area contributed by atoms with Crippen molar-refractivity contribution in [2.75, 3.05) is 6.61 Å². The van der Waals surface area contributed by atoms with Crippen molar-refractivity contribution in [1.82, 2.24) is 9.78 Å². The minimum absolute atomic E-state index is 0.0360. The second-order valence-electron chi connectivity index (χ2n) is 7.90. The Bertz CT molecular complexity index is 959. The molecular formula is C21H25ClN2O4. The fourth-order valence-electron chi connectivity index (χ4n) is 4.64. The fourth-order valence-corrected chi connectivity index (χ4v) is 4.85. The van der Waals surface area contributed by atoms with E-state index in [1.807, 2.05) is 24.6 Å². The van der Waals surface area contributed by atoms with Crippen LogP contribution in [0.25, 0.3) is 10.9 Å². The number of halogens is 1. The van der Waals surface area contributed by atoms with Crippen LogP contribution in [-0.2, 0) is 9.53 Å². The van der Waals surface area contributed by atoms with E-state index in [9.17, 15) is 15.0 Å². The van der Waals surface area contributed by atoms with E-state index in [2.05, 4.69) is 5.10 Å². The van der Waals surface area contributed by atoms with E-state index in [1.54, 1.807) is 6.20 Å². The van der Waals surface area contributed by atoms with Gasteiger partial charge in [-0.05, 0) is 55.7 Å². The number of allylic oxidation sites excluding steroid dienone is 1. The zero-order chi connectivity index (χ0) is 20.0. The molecule has 1 fully saturated rings. The molecule has 1 saturated heterocycles. The van der Waals surface area contributed by atoms with Crippen LogP contribution >= 0.6 is 11.6 Å². The number of aliphatic hydroxyl groups excluding tert-OH is 1. The molecule has 150 valence electrons. The van der Waals surface area contributed by atoms with Crippen molar-refractivity contribution in [3.8, 4) is 0 Å². The number of ether oxygens (including phenoxy) is 1. The topological polar surface area (TPSA) is 84.6 Å². The highest BCUT2D eigenvalue weighted by Crippen LogP contribution is 2.46. The number of carboxylic acid groups (broad SMARTS) is 1. The summed E-state index contributed by atoms with van der Waals surface area (Å²) in [5.74, 6) is -1.48. The quantitative estimate of drug-likeness (QED) is 0.742. The maximum Gasteiger partial charge on any atom is 0.335 e. The molecule has 4 rings (SSSR count). The van der Waals surface area contributed by atoms with E-state index < -0.39 is 11.9 Å². The number of carbonyl (C=O) groups is 1. The third kappa shape index (κ3) is 3.08. The zero-order valence-corrected chi connectivity index (χ0v) is 16.9. The maximum atomic E-state index is 12.0. The van der Waals surface area contributed by atoms with Gasteiger partial charge >= 0.3 is 5.97 Å². The van der Waals surface area contributed by atoms with Gasteiger partial charge in [0.25, 0.3) is 0 Å². The molecule has 1 unspecified atom stereocenters. The van der Waals surface area contributed by atoms with Gasteiger partial charge in [-0.1, -0.05) is 18.5 Å². The number of hydrogen-bond donors (Lipinski definition) is 2. The van der Waals surface area contributed by atoms with Crippen LogP contribution in [0.5, 0.6) is 0 Å². The lowest BCUT2D eigenvalue weighted by Gasteiger charge is -2.32. The minimum atomic E-state index is -1.08. The molecule has 7 heteroatoms. The summed E-state index contributed by atoms with van der Waals surface area (Å²) in [5.41, 5.74) is 2.61. The second-order valence-corrected chi connectivity index (χ2v) is 8.31. The lowest BCUT2D eigenvalue weighted by molar-refractivity contribution is -0.133. The third-order valence-electron chi connectivity index (χ3n) is 6.15. The summed E-state index contributed by atoms with van der Waals surface area (Å²) in [4.78, 5) is 12.0. The number of aliphatic carboxylic acids is 1. The smallest absolute Gasteiger partial charge is 0.335 e. The number of nitrogens with zero attached hydrogens (tertiary/aromatic N) is 2. The van der Waals surface area contributed by atoms with Crippen LogP contribution in [0.15, 0.2) is 23.6 Å². The van der Waals surface area contributed by atoms with Crippen LogP contribution in [0.2, 0.25) is 5.02 Å². The molecule has 1 aliphatic carbocycles. The molecule has 2 aromatic rings. The molecule has 0 bridgehead atoms. The molecule has 0 amide bonds. The van der Waals surface area contributed by atoms with E-state index in [0.29, 0.717) is 18.1 Å². The van der Waals surface area contributed by atoms with Crippen molar-refractivity contribution in [1.29, 1.82) is 0 Å². The molecule has 2 heterocycles. The molecule has 1 aromatic heterocycles. The second kappa shape index (κ2) is 7.41. The molecule has 0 spiro atoms. The van der Waals surface area contributed by atoms with E-state index >= 15 is 0 Å². The van der Waals surface area contributed by atoms with Crippen molar-refractivity contribution < 1.29 is 19.7 Å². The first-order valence-corrected chi connectivity index (χ1v) is 10.2. The Morgan fingerprint density at radius 1 is 1.36 bits per heavy atom. The highest BCUT2D eigenvalue weighted by atomic mass is 35.5. The lowest BCUT2D eigenvalue weighted by atomic mass is 9.72. The van der Waals surface area contributed by atoms with E-state index in [-0.39, 0.29) is 23.5 Å². The molecule has 1 aromatic carbocycles. The van der Waals surface area contributed by atoms with Crippen molar-refractivity contribution >= 4 is 28.5 Å². The molecule has 3 atom stereocenters. The highest BCUT2D eigenvalue weighted by Gasteiger charge is 2.37. The number of benzene rings is 1. The predicted molar refractivity (Wildman–Crippen MR) is 107 cm³/mol. The third-order valence-corrected chi connectivity index (χ3v) is 6.54. The Morgan fingerprint density at radius 3 is 2.82 bits per heavy atom. The molecule has 1 aliphatic heterocycles. The summed E-state index contributed by atoms with van der Waals surface area (Å²) < 4.78 is 7.76. The molecule has 2 aliphatic rings. The van der Waals surface area contributed by atoms with Gasteiger partial charge in [-0.25, -0.2) is 9.48 Å². The van der Waals surface area contributed by atoms with Crippen LogP contribution in [-0.4, -0.2) is 32.6 Å². The predicted octanol–water partition coefficient (Wildman–Crippen LogP) is 5.11. The van der Waals surface area contributed by atoms with Gasteiger partial charge in [0.15, 0.2) is 6.23 Å². The van der Waals surface area contributed by atoms with Gasteiger partial charge in [0, 0.05) is 29.4 Å². The molecular weight excluding hydrogens is 380 g/mol. The Labute approximate surface area is 168 Å². The number of aromatic nitrogens is 2. The van der Waals surface area contributed by atoms with E-state index in [0.717, 1.165) is 47.7 Å². The number of carboxylic acids is 1. The summed E-state index contributed by atoms with van der Waals surface area (Å²) in [5, 5.41) is 26.2. The SMILES string of the molecule is Cc1c(Cl)cc2c(cnn2C2CCCCO2)c1[C@@H]1C(C(=O)O)=C(O)CC[C@H]1C. The zero-order valence-electron chi connectivity index (χ0n) is 16.1. The van der Waals surface area contributed by atoms with E-state index in [4.69, 9.17) is 16.3 Å². The van der Waals surface area contributed by atoms with Gasteiger partial charge in [-0.3, -0.25) is 0 Å². The van der Waals surface area contributed by atoms with Crippen LogP contribution in [0.1, 0.15) is 62.3 Å². The monoisotopic (exact) mass is 404 g/mol. The average molecular weight is 405 g/mol. The first-order valence-electron chi connectivity index (χ1n) is 9.83. The van der Waals surface area contributed by atoms with Gasteiger partial charge in [-0.2, -0.15) is 5.10 Å². The average Bonchev–Trinajstić information content (AvgIpc) is 3.08. The Kier molecular flexibility index (Phi) is 5.10. The van der Waals surface area contributed by atoms with Crippen LogP contribution in [0.3, 0.4) is 0 Å². The standard InChI is InChI=1S/C21H25ClN2O4/c1-11-6-7-16(25)20(21(26)27)18(11)19-12(2)14(22)9-15-13(19)10-23-24(15)17-5-3-4-8-28-17/h9-11,17-18,25H,3-8H2,1-2H3,(H,26,27)/t11-,17?,18-/m1/s1. The number of rotatable bonds is 3. The fraction of sp³-hybridized carbons (Fsp3) is 0.524. The summed E-state index contributed by atoms with van der Waals surface area (Å²) in [7, 11) is 0. The lowest BCUT2D eigenvalue weighted by Crippen LogP contribution is -2.25. The summed E-state index contributed by atoms with van der Waals surface area (Å²) in [6, 6.07) is 1.89. The Morgan fingerprint density at radius 2 is 2.14 bits per heavy atom. The Balaban J connectivity index is 1.93. The van der Waals surface area contributed by atoms with Crippen LogP contribution in [0, 0.1) is 12.8 Å². The molecule has 0 saturated carbocycles. The normalized spacial score (nSPS) is 26.0. The first kappa shape index (κ1) is 19.3. The van der Waals surface area contributed by atoms with Crippen LogP contribution < -0.4 is 0 Å². The molecule has 6 nitrogen and oxygen atoms in total. The van der Waals surface area contributed by atoms with Gasteiger partial charge in [0.2, 0.25) is 0 Å². The number of aliphatic hydroxyl groups is 1. The van der Waals surface area contributed by atoms with Gasteiger partial charge in [0.05, 0.1) is 17.3 Å². The van der Waals surface area contributed by atoms with Crippen molar-refractivity contribution in [3.05, 3.63) is 39.7 Å². The van der Waals surface area contributed by atoms with Gasteiger partial charge in [-0.15, -0.1) is 0 Å². The van der Waals surface area contributed by atoms with E-state index in [1.165, 1.54) is 0 Å². The number of fused-ring (bicyclic) bond motifs is 1. The van der Waals surface area contributed by atoms with Crippen molar-refractivity contribution in [3.63, 3.8) is 0 Å². The van der Waals surface area contributed by atoms with Crippen molar-refractivity contribution in [2.24, 2.45) is 5.92 Å². The largest absolute Gasteiger partial charge is 0.512 e. The number of hydrogen-bond acceptors (Lipinski definition) is 4. The molecule has 28 heavy (non-hydrogen) atoms. The van der Waals surface area contributed by atoms with Crippen molar-refractivity contribution in [2.45, 2.75) is 58.1 Å². The molecule has 2 N–H and O–H groups in total. The summed E-state index contributed by atoms with van der Waals surface area (Å²) in [6.45, 7) is 4.64. The van der Waals surface area contributed by atoms with Gasteiger partial charge in [0.1, 0.15) is 5.76 Å². The first-order chi connectivity index (χ1) is 13.4. The van der Waals surface area contributed by atoms with Crippen LogP contribution in [0.4, 0.5) is 0 Å². The maximum absolute atomic E-state index is 12.0. The Hall–Kier alpha value is -2.05. The minimum Gasteiger partial charge on any atom is -0.512 e. The summed E-state index contributed by atoms with van der Waals surface area (Å²) in [6.07, 6.45) is 5.77. The summed E-state index contributed by atoms with van der Waals surface area (Å²) >= 11 is 6.58. The van der Waals surface area contributed by atoms with Gasteiger partial charge < -0.3 is 14.9 Å². The molecule has 0 radical (unpaired) electrons. The highest BCUT2D eigenvalue weighted by molar-refractivity contribution is 6.32.